The maximum Gasteiger partial charge on any atom is 0.136 e. The lowest BCUT2D eigenvalue weighted by Gasteiger charge is -2.22. The first-order valence-electron chi connectivity index (χ1n) is 4.46. The fourth-order valence-electron chi connectivity index (χ4n) is 1.69. The third-order valence-corrected chi connectivity index (χ3v) is 3.30. The molecule has 3 nitrogen and oxygen atoms in total. The van der Waals surface area contributed by atoms with Crippen LogP contribution in [0.25, 0.3) is 0 Å². The Morgan fingerprint density at radius 1 is 1.46 bits per heavy atom. The lowest BCUT2D eigenvalue weighted by molar-refractivity contribution is 0.702. The molecule has 0 aliphatic carbocycles. The predicted octanol–water partition coefficient (Wildman–Crippen LogP) is 1.85. The third-order valence-electron chi connectivity index (χ3n) is 2.37. The number of aromatic nitrogens is 2. The van der Waals surface area contributed by atoms with Gasteiger partial charge in [0, 0.05) is 18.2 Å². The van der Waals surface area contributed by atoms with Crippen LogP contribution in [0.3, 0.4) is 0 Å². The van der Waals surface area contributed by atoms with Crippen molar-refractivity contribution in [3.63, 3.8) is 0 Å². The first kappa shape index (κ1) is 9.18. The Hall–Kier alpha value is -0.390. The molecule has 0 bridgehead atoms. The molecule has 2 rings (SSSR count). The highest BCUT2D eigenvalue weighted by atomic mass is 127. The largest absolute Gasteiger partial charge is 0.353 e. The highest BCUT2D eigenvalue weighted by Gasteiger charge is 2.24. The summed E-state index contributed by atoms with van der Waals surface area (Å²) in [4.78, 5) is 10.9. The average Bonchev–Trinajstić information content (AvgIpc) is 2.48. The van der Waals surface area contributed by atoms with Gasteiger partial charge in [-0.05, 0) is 42.9 Å². The molecule has 0 aromatic carbocycles. The fourth-order valence-corrected chi connectivity index (χ4v) is 2.32. The second-order valence-corrected chi connectivity index (χ2v) is 4.53. The summed E-state index contributed by atoms with van der Waals surface area (Å²) in [5.74, 6) is 1.13. The molecule has 0 N–H and O–H groups in total. The minimum absolute atomic E-state index is 0.534. The van der Waals surface area contributed by atoms with Crippen LogP contribution in [0.2, 0.25) is 0 Å². The van der Waals surface area contributed by atoms with E-state index in [1.165, 1.54) is 5.56 Å². The molecule has 70 valence electrons. The van der Waals surface area contributed by atoms with Gasteiger partial charge in [0.1, 0.15) is 15.8 Å². The number of halogens is 1. The van der Waals surface area contributed by atoms with Gasteiger partial charge in [0.2, 0.25) is 0 Å². The van der Waals surface area contributed by atoms with Gasteiger partial charge in [-0.2, -0.15) is 0 Å². The monoisotopic (exact) mass is 289 g/mol. The van der Waals surface area contributed by atoms with Gasteiger partial charge in [-0.1, -0.05) is 0 Å². The molecule has 0 unspecified atom stereocenters. The van der Waals surface area contributed by atoms with Crippen LogP contribution in [0.15, 0.2) is 6.33 Å². The Balaban J connectivity index is 2.43. The molecule has 0 amide bonds. The normalized spacial score (nSPS) is 15.2. The fraction of sp³-hybridized carbons (Fsp3) is 0.556. The Morgan fingerprint density at radius 3 is 2.92 bits per heavy atom. The van der Waals surface area contributed by atoms with Crippen LogP contribution in [0.4, 0.5) is 5.82 Å². The van der Waals surface area contributed by atoms with E-state index in [1.807, 2.05) is 0 Å². The SMILES string of the molecule is CC(C)N1CCc2c(I)ncnc21. The zero-order valence-corrected chi connectivity index (χ0v) is 9.95. The molecule has 1 aromatic heterocycles. The van der Waals surface area contributed by atoms with Crippen molar-refractivity contribution < 1.29 is 0 Å². The molecule has 1 aliphatic rings. The summed E-state index contributed by atoms with van der Waals surface area (Å²) < 4.78 is 1.10. The minimum atomic E-state index is 0.534. The molecule has 0 atom stereocenters. The zero-order valence-electron chi connectivity index (χ0n) is 7.79. The van der Waals surface area contributed by atoms with Gasteiger partial charge in [-0.25, -0.2) is 9.97 Å². The van der Waals surface area contributed by atoms with Crippen molar-refractivity contribution in [3.8, 4) is 0 Å². The number of fused-ring (bicyclic) bond motifs is 1. The van der Waals surface area contributed by atoms with E-state index in [9.17, 15) is 0 Å². The van der Waals surface area contributed by atoms with Crippen molar-refractivity contribution in [3.05, 3.63) is 15.6 Å². The van der Waals surface area contributed by atoms with Crippen LogP contribution in [-0.2, 0) is 6.42 Å². The summed E-state index contributed by atoms with van der Waals surface area (Å²) in [6.45, 7) is 5.48. The van der Waals surface area contributed by atoms with Gasteiger partial charge in [0.25, 0.3) is 0 Å². The highest BCUT2D eigenvalue weighted by molar-refractivity contribution is 14.1. The van der Waals surface area contributed by atoms with Crippen LogP contribution >= 0.6 is 22.6 Å². The highest BCUT2D eigenvalue weighted by Crippen LogP contribution is 2.29. The van der Waals surface area contributed by atoms with Gasteiger partial charge >= 0.3 is 0 Å². The molecule has 0 fully saturated rings. The van der Waals surface area contributed by atoms with Gasteiger partial charge < -0.3 is 4.90 Å². The van der Waals surface area contributed by atoms with Crippen molar-refractivity contribution >= 4 is 28.4 Å². The molecule has 0 saturated heterocycles. The Kier molecular flexibility index (Phi) is 2.40. The van der Waals surface area contributed by atoms with E-state index in [-0.39, 0.29) is 0 Å². The zero-order chi connectivity index (χ0) is 9.42. The standard InChI is InChI=1S/C9H12IN3/c1-6(2)13-4-3-7-8(10)11-5-12-9(7)13/h5-6H,3-4H2,1-2H3. The first-order chi connectivity index (χ1) is 6.20. The van der Waals surface area contributed by atoms with Gasteiger partial charge in [-0.3, -0.25) is 0 Å². The molecule has 2 heterocycles. The summed E-state index contributed by atoms with van der Waals surface area (Å²) in [5, 5.41) is 0. The Bertz CT molecular complexity index is 325. The van der Waals surface area contributed by atoms with Crippen LogP contribution in [-0.4, -0.2) is 22.6 Å². The molecular weight excluding hydrogens is 277 g/mol. The second-order valence-electron chi connectivity index (χ2n) is 3.50. The van der Waals surface area contributed by atoms with E-state index in [4.69, 9.17) is 0 Å². The number of rotatable bonds is 1. The molecule has 1 aliphatic heterocycles. The lowest BCUT2D eigenvalue weighted by atomic mass is 10.3. The number of anilines is 1. The van der Waals surface area contributed by atoms with E-state index in [0.717, 1.165) is 22.5 Å². The Morgan fingerprint density at radius 2 is 2.23 bits per heavy atom. The smallest absolute Gasteiger partial charge is 0.136 e. The van der Waals surface area contributed by atoms with E-state index in [1.54, 1.807) is 6.33 Å². The van der Waals surface area contributed by atoms with Gasteiger partial charge in [0.15, 0.2) is 0 Å². The predicted molar refractivity (Wildman–Crippen MR) is 60.9 cm³/mol. The van der Waals surface area contributed by atoms with Crippen molar-refractivity contribution in [2.45, 2.75) is 26.3 Å². The van der Waals surface area contributed by atoms with Crippen molar-refractivity contribution in [1.29, 1.82) is 0 Å². The second kappa shape index (κ2) is 3.40. The number of hydrogen-bond donors (Lipinski definition) is 0. The molecule has 4 heteroatoms. The molecular formula is C9H12IN3. The summed E-state index contributed by atoms with van der Waals surface area (Å²) in [6, 6.07) is 0.534. The maximum absolute atomic E-state index is 4.33. The van der Waals surface area contributed by atoms with E-state index < -0.39 is 0 Å². The quantitative estimate of drug-likeness (QED) is 0.583. The van der Waals surface area contributed by atoms with Crippen molar-refractivity contribution in [1.82, 2.24) is 9.97 Å². The molecule has 0 spiro atoms. The molecule has 0 saturated carbocycles. The van der Waals surface area contributed by atoms with Gasteiger partial charge in [-0.15, -0.1) is 0 Å². The van der Waals surface area contributed by atoms with Crippen LogP contribution in [0, 0.1) is 3.70 Å². The lowest BCUT2D eigenvalue weighted by Crippen LogP contribution is -2.29. The van der Waals surface area contributed by atoms with E-state index in [0.29, 0.717) is 6.04 Å². The third kappa shape index (κ3) is 1.51. The van der Waals surface area contributed by atoms with Crippen LogP contribution in [0.1, 0.15) is 19.4 Å². The number of nitrogens with zero attached hydrogens (tertiary/aromatic N) is 3. The topological polar surface area (TPSA) is 29.0 Å². The van der Waals surface area contributed by atoms with Crippen molar-refractivity contribution in [2.24, 2.45) is 0 Å². The first-order valence-corrected chi connectivity index (χ1v) is 5.54. The van der Waals surface area contributed by atoms with Gasteiger partial charge in [0.05, 0.1) is 0 Å². The molecule has 0 radical (unpaired) electrons. The Labute approximate surface area is 91.7 Å². The van der Waals surface area contributed by atoms with E-state index in [2.05, 4.69) is 51.3 Å². The number of hydrogen-bond acceptors (Lipinski definition) is 3. The molecule has 1 aromatic rings. The van der Waals surface area contributed by atoms with Crippen LogP contribution < -0.4 is 4.90 Å². The summed E-state index contributed by atoms with van der Waals surface area (Å²) >= 11 is 2.28. The summed E-state index contributed by atoms with van der Waals surface area (Å²) in [5.41, 5.74) is 1.32. The molecule has 13 heavy (non-hydrogen) atoms. The average molecular weight is 289 g/mol. The maximum atomic E-state index is 4.33. The summed E-state index contributed by atoms with van der Waals surface area (Å²) in [7, 11) is 0. The van der Waals surface area contributed by atoms with E-state index >= 15 is 0 Å². The minimum Gasteiger partial charge on any atom is -0.353 e. The summed E-state index contributed by atoms with van der Waals surface area (Å²) in [6.07, 6.45) is 2.74. The van der Waals surface area contributed by atoms with Crippen molar-refractivity contribution in [2.75, 3.05) is 11.4 Å². The van der Waals surface area contributed by atoms with Crippen LogP contribution in [0.5, 0.6) is 0 Å².